The summed E-state index contributed by atoms with van der Waals surface area (Å²) in [6, 6.07) is 10.7. The van der Waals surface area contributed by atoms with Crippen molar-refractivity contribution in [2.24, 2.45) is 0 Å². The van der Waals surface area contributed by atoms with Crippen molar-refractivity contribution >= 4 is 17.3 Å². The number of hydrogen-bond acceptors (Lipinski definition) is 2. The molecule has 0 unspecified atom stereocenters. The standard InChI is InChI=1S/C16H22ClN3/c1-3-20-16(10-13(2)19-20)12-18-15-8-4-6-14(11-15)7-5-9-17/h4,6,8,10-11,18H,3,5,7,9,12H2,1-2H3. The van der Waals surface area contributed by atoms with Crippen LogP contribution in [0.25, 0.3) is 0 Å². The first kappa shape index (κ1) is 14.9. The highest BCUT2D eigenvalue weighted by molar-refractivity contribution is 6.17. The number of aromatic nitrogens is 2. The SMILES string of the molecule is CCn1nc(C)cc1CNc1cccc(CCCCl)c1. The minimum absolute atomic E-state index is 0.715. The quantitative estimate of drug-likeness (QED) is 0.782. The van der Waals surface area contributed by atoms with Crippen LogP contribution in [0.5, 0.6) is 0 Å². The Bertz CT molecular complexity index is 548. The highest BCUT2D eigenvalue weighted by Gasteiger charge is 2.04. The van der Waals surface area contributed by atoms with Gasteiger partial charge in [-0.3, -0.25) is 4.68 Å². The van der Waals surface area contributed by atoms with Crippen molar-refractivity contribution in [3.8, 4) is 0 Å². The highest BCUT2D eigenvalue weighted by atomic mass is 35.5. The second-order valence-corrected chi connectivity index (χ2v) is 5.32. The van der Waals surface area contributed by atoms with Crippen molar-refractivity contribution in [3.05, 3.63) is 47.3 Å². The van der Waals surface area contributed by atoms with E-state index >= 15 is 0 Å². The number of alkyl halides is 1. The van der Waals surface area contributed by atoms with Gasteiger partial charge in [-0.05, 0) is 50.5 Å². The average Bonchev–Trinajstić information content (AvgIpc) is 2.83. The molecular weight excluding hydrogens is 270 g/mol. The first-order valence-electron chi connectivity index (χ1n) is 7.15. The van der Waals surface area contributed by atoms with Gasteiger partial charge in [0.1, 0.15) is 0 Å². The number of hydrogen-bond donors (Lipinski definition) is 1. The van der Waals surface area contributed by atoms with E-state index in [2.05, 4.69) is 47.7 Å². The molecule has 0 aliphatic heterocycles. The zero-order chi connectivity index (χ0) is 14.4. The van der Waals surface area contributed by atoms with Gasteiger partial charge in [-0.1, -0.05) is 12.1 Å². The van der Waals surface area contributed by atoms with Crippen molar-refractivity contribution in [2.75, 3.05) is 11.2 Å². The fraction of sp³-hybridized carbons (Fsp3) is 0.438. The minimum Gasteiger partial charge on any atom is -0.379 e. The van der Waals surface area contributed by atoms with Gasteiger partial charge in [0.15, 0.2) is 0 Å². The van der Waals surface area contributed by atoms with Crippen molar-refractivity contribution in [3.63, 3.8) is 0 Å². The lowest BCUT2D eigenvalue weighted by Crippen LogP contribution is -2.08. The fourth-order valence-electron chi connectivity index (χ4n) is 2.32. The summed E-state index contributed by atoms with van der Waals surface area (Å²) < 4.78 is 2.04. The molecule has 1 N–H and O–H groups in total. The Morgan fingerprint density at radius 1 is 1.30 bits per heavy atom. The van der Waals surface area contributed by atoms with E-state index in [4.69, 9.17) is 11.6 Å². The number of nitrogens with one attached hydrogen (secondary N) is 1. The largest absolute Gasteiger partial charge is 0.379 e. The lowest BCUT2D eigenvalue weighted by molar-refractivity contribution is 0.623. The Kier molecular flexibility index (Phi) is 5.48. The number of anilines is 1. The van der Waals surface area contributed by atoms with Crippen LogP contribution >= 0.6 is 11.6 Å². The van der Waals surface area contributed by atoms with Gasteiger partial charge in [0.25, 0.3) is 0 Å². The van der Waals surface area contributed by atoms with Gasteiger partial charge in [-0.25, -0.2) is 0 Å². The zero-order valence-electron chi connectivity index (χ0n) is 12.2. The Morgan fingerprint density at radius 2 is 2.15 bits per heavy atom. The van der Waals surface area contributed by atoms with E-state index in [1.165, 1.54) is 11.3 Å². The van der Waals surface area contributed by atoms with Gasteiger partial charge in [-0.2, -0.15) is 5.10 Å². The maximum absolute atomic E-state index is 5.74. The van der Waals surface area contributed by atoms with Crippen molar-refractivity contribution in [1.29, 1.82) is 0 Å². The smallest absolute Gasteiger partial charge is 0.0597 e. The molecule has 0 atom stereocenters. The molecule has 1 heterocycles. The van der Waals surface area contributed by atoms with Crippen LogP contribution in [0.15, 0.2) is 30.3 Å². The van der Waals surface area contributed by atoms with Gasteiger partial charge in [0.2, 0.25) is 0 Å². The summed E-state index contributed by atoms with van der Waals surface area (Å²) in [4.78, 5) is 0. The van der Waals surface area contributed by atoms with Crippen LogP contribution in [0, 0.1) is 6.92 Å². The first-order valence-corrected chi connectivity index (χ1v) is 7.68. The van der Waals surface area contributed by atoms with Crippen LogP contribution in [0.4, 0.5) is 5.69 Å². The number of benzene rings is 1. The average molecular weight is 292 g/mol. The lowest BCUT2D eigenvalue weighted by atomic mass is 10.1. The van der Waals surface area contributed by atoms with E-state index in [1.54, 1.807) is 0 Å². The Labute approximate surface area is 126 Å². The molecule has 20 heavy (non-hydrogen) atoms. The molecule has 0 aliphatic carbocycles. The molecule has 4 heteroatoms. The summed E-state index contributed by atoms with van der Waals surface area (Å²) in [7, 11) is 0. The van der Waals surface area contributed by atoms with Crippen LogP contribution in [0.2, 0.25) is 0 Å². The maximum atomic E-state index is 5.74. The van der Waals surface area contributed by atoms with Crippen LogP contribution in [0.1, 0.15) is 30.3 Å². The highest BCUT2D eigenvalue weighted by Crippen LogP contribution is 2.14. The van der Waals surface area contributed by atoms with E-state index in [0.29, 0.717) is 5.88 Å². The number of nitrogens with zero attached hydrogens (tertiary/aromatic N) is 2. The van der Waals surface area contributed by atoms with Crippen LogP contribution in [-0.2, 0) is 19.5 Å². The van der Waals surface area contributed by atoms with Crippen LogP contribution in [0.3, 0.4) is 0 Å². The van der Waals surface area contributed by atoms with Gasteiger partial charge < -0.3 is 5.32 Å². The molecule has 0 bridgehead atoms. The van der Waals surface area contributed by atoms with E-state index in [9.17, 15) is 0 Å². The summed E-state index contributed by atoms with van der Waals surface area (Å²) >= 11 is 5.74. The van der Waals surface area contributed by atoms with E-state index in [1.807, 2.05) is 11.6 Å². The lowest BCUT2D eigenvalue weighted by Gasteiger charge is -2.09. The molecule has 1 aromatic carbocycles. The summed E-state index contributed by atoms with van der Waals surface area (Å²) in [6.07, 6.45) is 2.05. The van der Waals surface area contributed by atoms with Gasteiger partial charge >= 0.3 is 0 Å². The molecule has 0 spiro atoms. The van der Waals surface area contributed by atoms with Crippen molar-refractivity contribution in [1.82, 2.24) is 9.78 Å². The maximum Gasteiger partial charge on any atom is 0.0597 e. The van der Waals surface area contributed by atoms with Gasteiger partial charge in [0, 0.05) is 18.1 Å². The zero-order valence-corrected chi connectivity index (χ0v) is 13.0. The third-order valence-electron chi connectivity index (χ3n) is 3.28. The molecular formula is C16H22ClN3. The summed E-state index contributed by atoms with van der Waals surface area (Å²) in [5.74, 6) is 0.715. The second-order valence-electron chi connectivity index (χ2n) is 4.94. The fourth-order valence-corrected chi connectivity index (χ4v) is 2.45. The number of aryl methyl sites for hydroxylation is 3. The molecule has 1 aromatic heterocycles. The van der Waals surface area contributed by atoms with E-state index < -0.39 is 0 Å². The molecule has 0 amide bonds. The molecule has 2 aromatic rings. The minimum atomic E-state index is 0.715. The Balaban J connectivity index is 1.99. The molecule has 2 rings (SSSR count). The molecule has 0 aliphatic rings. The molecule has 0 fully saturated rings. The molecule has 3 nitrogen and oxygen atoms in total. The van der Waals surface area contributed by atoms with Crippen molar-refractivity contribution in [2.45, 2.75) is 39.8 Å². The Morgan fingerprint density at radius 3 is 2.90 bits per heavy atom. The third-order valence-corrected chi connectivity index (χ3v) is 3.55. The molecule has 0 radical (unpaired) electrons. The molecule has 0 saturated carbocycles. The van der Waals surface area contributed by atoms with Crippen LogP contribution < -0.4 is 5.32 Å². The van der Waals surface area contributed by atoms with Gasteiger partial charge in [0.05, 0.1) is 17.9 Å². The van der Waals surface area contributed by atoms with E-state index in [-0.39, 0.29) is 0 Å². The summed E-state index contributed by atoms with van der Waals surface area (Å²) in [6.45, 7) is 5.85. The topological polar surface area (TPSA) is 29.9 Å². The summed E-state index contributed by atoms with van der Waals surface area (Å²) in [5, 5.41) is 7.93. The molecule has 0 saturated heterocycles. The normalized spacial score (nSPS) is 10.8. The predicted octanol–water partition coefficient (Wildman–Crippen LogP) is 3.99. The molecule has 108 valence electrons. The predicted molar refractivity (Wildman–Crippen MR) is 85.4 cm³/mol. The van der Waals surface area contributed by atoms with Crippen molar-refractivity contribution < 1.29 is 0 Å². The summed E-state index contributed by atoms with van der Waals surface area (Å²) in [5.41, 5.74) is 4.77. The van der Waals surface area contributed by atoms with Crippen LogP contribution in [-0.4, -0.2) is 15.7 Å². The van der Waals surface area contributed by atoms with Gasteiger partial charge in [-0.15, -0.1) is 11.6 Å². The number of rotatable bonds is 7. The Hall–Kier alpha value is -1.48. The van der Waals surface area contributed by atoms with E-state index in [0.717, 1.165) is 37.3 Å². The monoisotopic (exact) mass is 291 g/mol. The number of halogens is 1. The first-order chi connectivity index (χ1) is 9.72. The second kappa shape index (κ2) is 7.34. The third kappa shape index (κ3) is 4.01.